The molecule has 0 spiro atoms. The molecular formula is C16H29N3S. The molecule has 0 bridgehead atoms. The molecule has 1 aromatic rings. The van der Waals surface area contributed by atoms with Crippen molar-refractivity contribution in [3.05, 3.63) is 21.4 Å². The highest BCUT2D eigenvalue weighted by Gasteiger charge is 2.14. The van der Waals surface area contributed by atoms with Crippen molar-refractivity contribution in [3.63, 3.8) is 0 Å². The van der Waals surface area contributed by atoms with Crippen LogP contribution in [0.2, 0.25) is 0 Å². The largest absolute Gasteiger partial charge is 0.312 e. The average Bonchev–Trinajstić information content (AvgIpc) is 2.63. The molecular weight excluding hydrogens is 266 g/mol. The molecule has 1 aromatic heterocycles. The van der Waals surface area contributed by atoms with Gasteiger partial charge in [-0.25, -0.2) is 0 Å². The van der Waals surface area contributed by atoms with Crippen molar-refractivity contribution >= 4 is 11.3 Å². The first kappa shape index (κ1) is 16.0. The maximum Gasteiger partial charge on any atom is 0.0299 e. The molecule has 0 unspecified atom stereocenters. The Morgan fingerprint density at radius 2 is 2.10 bits per heavy atom. The number of nitrogens with zero attached hydrogens (tertiary/aromatic N) is 2. The Kier molecular flexibility index (Phi) is 6.49. The number of likely N-dealkylation sites (N-methyl/N-ethyl adjacent to an activating group) is 1. The third-order valence-corrected chi connectivity index (χ3v) is 5.10. The summed E-state index contributed by atoms with van der Waals surface area (Å²) in [6.45, 7) is 12.6. The van der Waals surface area contributed by atoms with Crippen LogP contribution >= 0.6 is 11.3 Å². The normalized spacial score (nSPS) is 18.4. The monoisotopic (exact) mass is 295 g/mol. The lowest BCUT2D eigenvalue weighted by Gasteiger charge is -2.19. The molecule has 1 aliphatic heterocycles. The maximum absolute atomic E-state index is 3.50. The number of hydrogen-bond acceptors (Lipinski definition) is 4. The van der Waals surface area contributed by atoms with Gasteiger partial charge in [0.15, 0.2) is 0 Å². The van der Waals surface area contributed by atoms with E-state index in [0.29, 0.717) is 0 Å². The number of nitrogens with one attached hydrogen (secondary N) is 1. The molecule has 0 aliphatic carbocycles. The van der Waals surface area contributed by atoms with Gasteiger partial charge in [0.05, 0.1) is 0 Å². The van der Waals surface area contributed by atoms with Crippen LogP contribution in [-0.4, -0.2) is 49.6 Å². The SMILES string of the molecule is CCCNCc1cc(CN2CCCN(C)CC2)c(C)s1. The van der Waals surface area contributed by atoms with E-state index >= 15 is 0 Å². The van der Waals surface area contributed by atoms with E-state index in [1.807, 2.05) is 11.3 Å². The van der Waals surface area contributed by atoms with Gasteiger partial charge in [-0.3, -0.25) is 4.90 Å². The van der Waals surface area contributed by atoms with Crippen molar-refractivity contribution < 1.29 is 0 Å². The third-order valence-electron chi connectivity index (χ3n) is 4.00. The van der Waals surface area contributed by atoms with E-state index in [0.717, 1.165) is 19.6 Å². The van der Waals surface area contributed by atoms with Crippen molar-refractivity contribution in [1.29, 1.82) is 0 Å². The van der Waals surface area contributed by atoms with E-state index in [-0.39, 0.29) is 0 Å². The van der Waals surface area contributed by atoms with Gasteiger partial charge in [0.25, 0.3) is 0 Å². The van der Waals surface area contributed by atoms with E-state index in [1.165, 1.54) is 54.3 Å². The smallest absolute Gasteiger partial charge is 0.0299 e. The predicted molar refractivity (Wildman–Crippen MR) is 88.4 cm³/mol. The highest BCUT2D eigenvalue weighted by Crippen LogP contribution is 2.23. The molecule has 0 radical (unpaired) electrons. The van der Waals surface area contributed by atoms with Crippen molar-refractivity contribution in [2.24, 2.45) is 0 Å². The van der Waals surface area contributed by atoms with Crippen LogP contribution in [0.5, 0.6) is 0 Å². The Morgan fingerprint density at radius 3 is 2.90 bits per heavy atom. The first-order valence-electron chi connectivity index (χ1n) is 7.89. The van der Waals surface area contributed by atoms with Crippen LogP contribution in [-0.2, 0) is 13.1 Å². The minimum Gasteiger partial charge on any atom is -0.312 e. The van der Waals surface area contributed by atoms with Gasteiger partial charge in [-0.15, -0.1) is 11.3 Å². The molecule has 1 N–H and O–H groups in total. The zero-order valence-electron chi connectivity index (χ0n) is 13.2. The van der Waals surface area contributed by atoms with Crippen molar-refractivity contribution in [1.82, 2.24) is 15.1 Å². The summed E-state index contributed by atoms with van der Waals surface area (Å²) in [4.78, 5) is 8.04. The summed E-state index contributed by atoms with van der Waals surface area (Å²) in [6, 6.07) is 2.41. The summed E-state index contributed by atoms with van der Waals surface area (Å²) in [5, 5.41) is 3.50. The molecule has 2 heterocycles. The van der Waals surface area contributed by atoms with Crippen LogP contribution in [0.4, 0.5) is 0 Å². The maximum atomic E-state index is 3.50. The lowest BCUT2D eigenvalue weighted by molar-refractivity contribution is 0.269. The van der Waals surface area contributed by atoms with Gasteiger partial charge >= 0.3 is 0 Å². The topological polar surface area (TPSA) is 18.5 Å². The molecule has 4 heteroatoms. The lowest BCUT2D eigenvalue weighted by Crippen LogP contribution is -2.28. The molecule has 1 aliphatic rings. The molecule has 20 heavy (non-hydrogen) atoms. The molecule has 2 rings (SSSR count). The molecule has 0 saturated carbocycles. The van der Waals surface area contributed by atoms with Crippen LogP contribution < -0.4 is 5.32 Å². The summed E-state index contributed by atoms with van der Waals surface area (Å²) in [5.41, 5.74) is 1.54. The second kappa shape index (κ2) is 8.13. The number of rotatable bonds is 6. The fourth-order valence-corrected chi connectivity index (χ4v) is 3.74. The quantitative estimate of drug-likeness (QED) is 0.814. The zero-order chi connectivity index (χ0) is 14.4. The molecule has 0 amide bonds. The van der Waals surface area contributed by atoms with Crippen LogP contribution in [0.15, 0.2) is 6.07 Å². The zero-order valence-corrected chi connectivity index (χ0v) is 14.1. The first-order valence-corrected chi connectivity index (χ1v) is 8.70. The fourth-order valence-electron chi connectivity index (χ4n) is 2.72. The van der Waals surface area contributed by atoms with Crippen molar-refractivity contribution in [2.45, 2.75) is 39.8 Å². The number of hydrogen-bond donors (Lipinski definition) is 1. The van der Waals surface area contributed by atoms with Gasteiger partial charge in [-0.2, -0.15) is 0 Å². The molecule has 0 aromatic carbocycles. The van der Waals surface area contributed by atoms with Gasteiger partial charge in [-0.1, -0.05) is 6.92 Å². The Bertz CT molecular complexity index is 402. The van der Waals surface area contributed by atoms with Gasteiger partial charge < -0.3 is 10.2 Å². The Labute approximate surface area is 128 Å². The Balaban J connectivity index is 1.88. The average molecular weight is 295 g/mol. The van der Waals surface area contributed by atoms with Gasteiger partial charge in [0.2, 0.25) is 0 Å². The van der Waals surface area contributed by atoms with Crippen LogP contribution in [0.1, 0.15) is 35.1 Å². The van der Waals surface area contributed by atoms with Gasteiger partial charge in [0, 0.05) is 35.9 Å². The molecule has 0 atom stereocenters. The summed E-state index contributed by atoms with van der Waals surface area (Å²) in [5.74, 6) is 0. The standard InChI is InChI=1S/C16H29N3S/c1-4-6-17-12-16-11-15(14(2)20-16)13-19-8-5-7-18(3)9-10-19/h11,17H,4-10,12-13H2,1-3H3. The second-order valence-electron chi connectivity index (χ2n) is 5.90. The molecule has 3 nitrogen and oxygen atoms in total. The number of aryl methyl sites for hydroxylation is 1. The van der Waals surface area contributed by atoms with Gasteiger partial charge in [-0.05, 0) is 58.1 Å². The van der Waals surface area contributed by atoms with E-state index in [1.54, 1.807) is 0 Å². The summed E-state index contributed by atoms with van der Waals surface area (Å²) < 4.78 is 0. The Hall–Kier alpha value is -0.420. The van der Waals surface area contributed by atoms with Crippen LogP contribution in [0, 0.1) is 6.92 Å². The predicted octanol–water partition coefficient (Wildman–Crippen LogP) is 2.69. The minimum absolute atomic E-state index is 1.03. The summed E-state index contributed by atoms with van der Waals surface area (Å²) >= 11 is 1.96. The van der Waals surface area contributed by atoms with E-state index in [9.17, 15) is 0 Å². The first-order chi connectivity index (χ1) is 9.69. The third kappa shape index (κ3) is 4.85. The van der Waals surface area contributed by atoms with Crippen LogP contribution in [0.25, 0.3) is 0 Å². The fraction of sp³-hybridized carbons (Fsp3) is 0.750. The summed E-state index contributed by atoms with van der Waals surface area (Å²) in [7, 11) is 2.23. The van der Waals surface area contributed by atoms with Crippen LogP contribution in [0.3, 0.4) is 0 Å². The van der Waals surface area contributed by atoms with E-state index in [4.69, 9.17) is 0 Å². The second-order valence-corrected chi connectivity index (χ2v) is 7.24. The summed E-state index contributed by atoms with van der Waals surface area (Å²) in [6.07, 6.45) is 2.50. The van der Waals surface area contributed by atoms with Crippen molar-refractivity contribution in [3.8, 4) is 0 Å². The highest BCUT2D eigenvalue weighted by atomic mass is 32.1. The molecule has 1 saturated heterocycles. The number of thiophene rings is 1. The molecule has 1 fully saturated rings. The van der Waals surface area contributed by atoms with E-state index in [2.05, 4.69) is 42.1 Å². The highest BCUT2D eigenvalue weighted by molar-refractivity contribution is 7.12. The van der Waals surface area contributed by atoms with E-state index < -0.39 is 0 Å². The van der Waals surface area contributed by atoms with Crippen molar-refractivity contribution in [2.75, 3.05) is 39.8 Å². The Morgan fingerprint density at radius 1 is 1.25 bits per heavy atom. The minimum atomic E-state index is 1.03. The molecule has 114 valence electrons. The van der Waals surface area contributed by atoms with Gasteiger partial charge in [0.1, 0.15) is 0 Å². The lowest BCUT2D eigenvalue weighted by atomic mass is 10.2.